The smallest absolute Gasteiger partial charge is 0.135 e. The Morgan fingerprint density at radius 1 is 0.933 bits per heavy atom. The normalized spacial score (nSPS) is 19.9. The molecule has 0 radical (unpaired) electrons. The molecule has 1 aromatic rings. The van der Waals surface area contributed by atoms with Crippen LogP contribution in [-0.4, -0.2) is 0 Å². The van der Waals surface area contributed by atoms with Gasteiger partial charge < -0.3 is 28.1 Å². The number of quaternary nitrogens is 1. The van der Waals surface area contributed by atoms with Gasteiger partial charge in [-0.3, -0.25) is 0 Å². The van der Waals surface area contributed by atoms with Crippen LogP contribution in [-0.2, 0) is 18.0 Å². The largest absolute Gasteiger partial charge is 0.600 e. The van der Waals surface area contributed by atoms with Gasteiger partial charge in [0, 0.05) is 11.1 Å². The number of nitrogens with two attached hydrogens (primary N) is 4. The van der Waals surface area contributed by atoms with Crippen molar-refractivity contribution in [3.05, 3.63) is 16.3 Å². The summed E-state index contributed by atoms with van der Waals surface area (Å²) < 4.78 is 0. The second kappa shape index (κ2) is 3.16. The van der Waals surface area contributed by atoms with Crippen molar-refractivity contribution in [1.82, 2.24) is 0 Å². The van der Waals surface area contributed by atoms with Crippen LogP contribution in [0.4, 0.5) is 22.7 Å². The van der Waals surface area contributed by atoms with Crippen molar-refractivity contribution >= 4 is 22.7 Å². The summed E-state index contributed by atoms with van der Waals surface area (Å²) in [6.07, 6.45) is 0. The van der Waals surface area contributed by atoms with Gasteiger partial charge in [-0.1, -0.05) is 0 Å². The molecule has 2 rings (SSSR count). The summed E-state index contributed by atoms with van der Waals surface area (Å²) in [6, 6.07) is 0. The highest BCUT2D eigenvalue weighted by molar-refractivity contribution is 5.90. The van der Waals surface area contributed by atoms with Crippen molar-refractivity contribution in [1.29, 1.82) is 0 Å². The monoisotopic (exact) mass is 211 g/mol. The first-order valence-electron chi connectivity index (χ1n) is 4.41. The Morgan fingerprint density at radius 2 is 1.47 bits per heavy atom. The van der Waals surface area contributed by atoms with E-state index < -0.39 is 0 Å². The number of nitrogen functional groups attached to an aromatic ring is 4. The molecule has 0 spiro atoms. The van der Waals surface area contributed by atoms with Gasteiger partial charge in [0.25, 0.3) is 0 Å². The van der Waals surface area contributed by atoms with Crippen LogP contribution in [0.15, 0.2) is 0 Å². The minimum atomic E-state index is -0.335. The first-order chi connectivity index (χ1) is 7.02. The van der Waals surface area contributed by atoms with Crippen LogP contribution in [0.1, 0.15) is 11.1 Å². The third-order valence-corrected chi connectivity index (χ3v) is 2.58. The van der Waals surface area contributed by atoms with Gasteiger partial charge in [-0.2, -0.15) is 4.84 Å². The zero-order valence-electron chi connectivity index (χ0n) is 8.04. The van der Waals surface area contributed by atoms with E-state index in [-0.39, 0.29) is 29.8 Å². The van der Waals surface area contributed by atoms with Crippen LogP contribution in [0.25, 0.3) is 0 Å². The van der Waals surface area contributed by atoms with Gasteiger partial charge in [0.2, 0.25) is 0 Å². The molecule has 15 heavy (non-hydrogen) atoms. The van der Waals surface area contributed by atoms with Crippen molar-refractivity contribution in [2.75, 3.05) is 22.9 Å². The second-order valence-corrected chi connectivity index (χ2v) is 3.45. The Balaban J connectivity index is 2.65. The third-order valence-electron chi connectivity index (χ3n) is 2.58. The lowest BCUT2D eigenvalue weighted by Gasteiger charge is -2.29. The molecule has 1 aliphatic heterocycles. The van der Waals surface area contributed by atoms with E-state index in [1.165, 1.54) is 0 Å². The van der Waals surface area contributed by atoms with Gasteiger partial charge in [0.1, 0.15) is 13.2 Å². The molecule has 7 heteroatoms. The maximum absolute atomic E-state index is 11.1. The van der Waals surface area contributed by atoms with E-state index >= 15 is 0 Å². The Kier molecular flexibility index (Phi) is 2.07. The van der Waals surface area contributed by atoms with E-state index in [2.05, 4.69) is 0 Å². The molecule has 1 heterocycles. The number of hydrogen-bond acceptors (Lipinski definition) is 6. The Morgan fingerprint density at radius 3 is 2.07 bits per heavy atom. The van der Waals surface area contributed by atoms with Crippen molar-refractivity contribution in [3.63, 3.8) is 0 Å². The lowest BCUT2D eigenvalue weighted by Crippen LogP contribution is -3.05. The van der Waals surface area contributed by atoms with E-state index in [1.807, 2.05) is 0 Å². The molecular formula is C8H13N5O2. The van der Waals surface area contributed by atoms with Crippen molar-refractivity contribution in [3.8, 4) is 0 Å². The average molecular weight is 211 g/mol. The summed E-state index contributed by atoms with van der Waals surface area (Å²) in [7, 11) is 0. The fraction of sp³-hybridized carbons (Fsp3) is 0.250. The molecule has 0 bridgehead atoms. The van der Waals surface area contributed by atoms with Crippen molar-refractivity contribution in [2.45, 2.75) is 13.2 Å². The number of benzene rings is 1. The SMILES string of the molecule is Nc1c(N)c(N)c2c(c1N)CO[NH+]([O-])C2. The second-order valence-electron chi connectivity index (χ2n) is 3.45. The maximum atomic E-state index is 11.1. The van der Waals surface area contributed by atoms with Gasteiger partial charge >= 0.3 is 0 Å². The van der Waals surface area contributed by atoms with E-state index in [0.29, 0.717) is 22.5 Å². The van der Waals surface area contributed by atoms with Crippen molar-refractivity contribution in [2.24, 2.45) is 0 Å². The number of hydrogen-bond donors (Lipinski definition) is 5. The molecular weight excluding hydrogens is 198 g/mol. The minimum Gasteiger partial charge on any atom is -0.600 e. The lowest BCUT2D eigenvalue weighted by atomic mass is 10.00. The van der Waals surface area contributed by atoms with Crippen LogP contribution < -0.4 is 28.2 Å². The first-order valence-corrected chi connectivity index (χ1v) is 4.41. The summed E-state index contributed by atoms with van der Waals surface area (Å²) >= 11 is 0. The maximum Gasteiger partial charge on any atom is 0.135 e. The lowest BCUT2D eigenvalue weighted by molar-refractivity contribution is -1.07. The fourth-order valence-corrected chi connectivity index (χ4v) is 1.66. The van der Waals surface area contributed by atoms with Crippen LogP contribution in [0.3, 0.4) is 0 Å². The molecule has 1 atom stereocenters. The molecule has 82 valence electrons. The number of hydroxylamine groups is 2. The van der Waals surface area contributed by atoms with Crippen LogP contribution in [0.2, 0.25) is 0 Å². The van der Waals surface area contributed by atoms with Crippen LogP contribution >= 0.6 is 0 Å². The van der Waals surface area contributed by atoms with E-state index in [0.717, 1.165) is 0 Å². The molecule has 1 unspecified atom stereocenters. The summed E-state index contributed by atoms with van der Waals surface area (Å²) in [5.74, 6) is 0. The molecule has 1 aromatic carbocycles. The third kappa shape index (κ3) is 1.33. The highest BCUT2D eigenvalue weighted by Gasteiger charge is 2.24. The molecule has 0 saturated carbocycles. The highest BCUT2D eigenvalue weighted by Crippen LogP contribution is 2.37. The number of fused-ring (bicyclic) bond motifs is 1. The highest BCUT2D eigenvalue weighted by atomic mass is 16.9. The summed E-state index contributed by atoms with van der Waals surface area (Å²) in [4.78, 5) is 4.86. The van der Waals surface area contributed by atoms with E-state index in [1.54, 1.807) is 0 Å². The zero-order chi connectivity index (χ0) is 11.2. The predicted octanol–water partition coefficient (Wildman–Crippen LogP) is -1.66. The summed E-state index contributed by atoms with van der Waals surface area (Å²) in [5.41, 5.74) is 25.3. The van der Waals surface area contributed by atoms with Crippen LogP contribution in [0.5, 0.6) is 0 Å². The van der Waals surface area contributed by atoms with Crippen LogP contribution in [0, 0.1) is 5.21 Å². The van der Waals surface area contributed by atoms with Gasteiger partial charge in [0.15, 0.2) is 0 Å². The zero-order valence-corrected chi connectivity index (χ0v) is 8.04. The fourth-order valence-electron chi connectivity index (χ4n) is 1.66. The molecule has 0 aliphatic carbocycles. The molecule has 9 N–H and O–H groups in total. The number of nitrogens with one attached hydrogen (secondary N) is 1. The molecule has 7 nitrogen and oxygen atoms in total. The topological polar surface area (TPSA) is 141 Å². The number of rotatable bonds is 0. The predicted molar refractivity (Wildman–Crippen MR) is 56.9 cm³/mol. The quantitative estimate of drug-likeness (QED) is 0.257. The molecule has 0 saturated heterocycles. The van der Waals surface area contributed by atoms with Gasteiger partial charge in [-0.05, 0) is 0 Å². The minimum absolute atomic E-state index is 0.0931. The molecule has 0 fully saturated rings. The van der Waals surface area contributed by atoms with Gasteiger partial charge in [-0.15, -0.1) is 0 Å². The molecule has 0 aromatic heterocycles. The Hall–Kier alpha value is -1.70. The molecule has 0 amide bonds. The number of anilines is 4. The average Bonchev–Trinajstić information content (AvgIpc) is 2.23. The summed E-state index contributed by atoms with van der Waals surface area (Å²) in [6.45, 7) is 0.199. The Labute approximate surface area is 86.1 Å². The molecule has 1 aliphatic rings. The Bertz CT molecular complexity index is 420. The first kappa shape index (κ1) is 9.84. The summed E-state index contributed by atoms with van der Waals surface area (Å²) in [5, 5.41) is 10.8. The van der Waals surface area contributed by atoms with Crippen molar-refractivity contribution < 1.29 is 10.1 Å². The van der Waals surface area contributed by atoms with E-state index in [4.69, 9.17) is 27.8 Å². The van der Waals surface area contributed by atoms with E-state index in [9.17, 15) is 5.21 Å². The van der Waals surface area contributed by atoms with Gasteiger partial charge in [0.05, 0.1) is 22.7 Å². The standard InChI is InChI=1S/C8H13N5O2/c9-5-3-1-13(14)15-2-4(3)6(10)8(12)7(5)11/h13H,1-2,9-12H2. The van der Waals surface area contributed by atoms with Gasteiger partial charge in [-0.25, -0.2) is 5.23 Å².